The molecule has 0 unspecified atom stereocenters. The fourth-order valence-corrected chi connectivity index (χ4v) is 3.94. The van der Waals surface area contributed by atoms with Crippen molar-refractivity contribution in [1.29, 1.82) is 0 Å². The van der Waals surface area contributed by atoms with Crippen molar-refractivity contribution in [1.82, 2.24) is 9.55 Å². The molecule has 0 radical (unpaired) electrons. The van der Waals surface area contributed by atoms with E-state index in [0.717, 1.165) is 21.6 Å². The first-order valence-electron chi connectivity index (χ1n) is 8.26. The number of ketones is 1. The predicted molar refractivity (Wildman–Crippen MR) is 96.4 cm³/mol. The molecule has 1 aliphatic carbocycles. The molecule has 0 N–H and O–H groups in total. The maximum absolute atomic E-state index is 12.5. The monoisotopic (exact) mass is 354 g/mol. The lowest BCUT2D eigenvalue weighted by Crippen LogP contribution is -2.15. The first-order valence-corrected chi connectivity index (χ1v) is 9.14. The van der Waals surface area contributed by atoms with Crippen LogP contribution in [0.3, 0.4) is 0 Å². The zero-order chi connectivity index (χ0) is 17.6. The molecule has 0 atom stereocenters. The number of esters is 1. The fraction of sp³-hybridized carbons (Fsp3) is 0.316. The van der Waals surface area contributed by atoms with Crippen LogP contribution in [0.15, 0.2) is 29.8 Å². The Morgan fingerprint density at radius 1 is 1.28 bits per heavy atom. The minimum Gasteiger partial charge on any atom is -0.454 e. The highest BCUT2D eigenvalue weighted by molar-refractivity contribution is 7.16. The van der Waals surface area contributed by atoms with Crippen LogP contribution in [0, 0.1) is 13.8 Å². The highest BCUT2D eigenvalue weighted by atomic mass is 32.1. The number of ether oxygens (including phenoxy) is 1. The number of Topliss-reactive ketones (excluding diaryl/α,β-unsaturated/α-hetero) is 1. The van der Waals surface area contributed by atoms with Crippen molar-refractivity contribution in [2.45, 2.75) is 32.7 Å². The molecule has 0 bridgehead atoms. The van der Waals surface area contributed by atoms with Crippen LogP contribution >= 0.6 is 11.3 Å². The lowest BCUT2D eigenvalue weighted by molar-refractivity contribution is 0.0474. The summed E-state index contributed by atoms with van der Waals surface area (Å²) in [4.78, 5) is 28.9. The maximum Gasteiger partial charge on any atom is 0.338 e. The predicted octanol–water partition coefficient (Wildman–Crippen LogP) is 4.09. The van der Waals surface area contributed by atoms with Gasteiger partial charge in [0, 0.05) is 23.0 Å². The van der Waals surface area contributed by atoms with E-state index in [-0.39, 0.29) is 12.4 Å². The molecule has 0 amide bonds. The minimum atomic E-state index is -0.486. The van der Waals surface area contributed by atoms with Crippen LogP contribution < -0.4 is 0 Å². The molecule has 1 aliphatic rings. The van der Waals surface area contributed by atoms with Gasteiger partial charge < -0.3 is 9.30 Å². The van der Waals surface area contributed by atoms with Gasteiger partial charge in [0.25, 0.3) is 0 Å². The second kappa shape index (κ2) is 6.11. The summed E-state index contributed by atoms with van der Waals surface area (Å²) in [5.74, 6) is -0.646. The normalized spacial score (nSPS) is 14.0. The Hall–Kier alpha value is -2.47. The van der Waals surface area contributed by atoms with Gasteiger partial charge >= 0.3 is 5.97 Å². The molecule has 128 valence electrons. The van der Waals surface area contributed by atoms with Gasteiger partial charge in [-0.15, -0.1) is 11.3 Å². The van der Waals surface area contributed by atoms with Crippen LogP contribution in [-0.2, 0) is 4.74 Å². The summed E-state index contributed by atoms with van der Waals surface area (Å²) in [7, 11) is 0. The molecule has 1 fully saturated rings. The Morgan fingerprint density at radius 2 is 2.08 bits per heavy atom. The van der Waals surface area contributed by atoms with Gasteiger partial charge in [-0.25, -0.2) is 9.78 Å². The Balaban J connectivity index is 1.46. The summed E-state index contributed by atoms with van der Waals surface area (Å²) >= 11 is 1.47. The molecular weight excluding hydrogens is 336 g/mol. The highest BCUT2D eigenvalue weighted by Gasteiger charge is 2.28. The number of rotatable bonds is 5. The van der Waals surface area contributed by atoms with E-state index >= 15 is 0 Å². The summed E-state index contributed by atoms with van der Waals surface area (Å²) in [6, 6.07) is 7.63. The summed E-state index contributed by atoms with van der Waals surface area (Å²) < 4.78 is 8.38. The number of thiazole rings is 1. The van der Waals surface area contributed by atoms with Crippen LogP contribution in [0.2, 0.25) is 0 Å². The van der Waals surface area contributed by atoms with E-state index < -0.39 is 5.97 Å². The Labute approximate surface area is 149 Å². The van der Waals surface area contributed by atoms with Crippen molar-refractivity contribution < 1.29 is 14.3 Å². The van der Waals surface area contributed by atoms with Crippen molar-refractivity contribution in [3.63, 3.8) is 0 Å². The van der Waals surface area contributed by atoms with Crippen molar-refractivity contribution in [2.24, 2.45) is 0 Å². The molecular formula is C19H18N2O3S. The van der Waals surface area contributed by atoms with Gasteiger partial charge in [0.15, 0.2) is 6.61 Å². The maximum atomic E-state index is 12.5. The molecule has 4 rings (SSSR count). The average molecular weight is 354 g/mol. The molecule has 25 heavy (non-hydrogen) atoms. The van der Waals surface area contributed by atoms with Crippen molar-refractivity contribution in [2.75, 3.05) is 6.61 Å². The molecule has 2 aromatic heterocycles. The highest BCUT2D eigenvalue weighted by Crippen LogP contribution is 2.38. The molecule has 0 aliphatic heterocycles. The lowest BCUT2D eigenvalue weighted by atomic mass is 10.1. The molecule has 2 heterocycles. The first-order chi connectivity index (χ1) is 12.0. The molecule has 1 saturated carbocycles. The third-order valence-corrected chi connectivity index (χ3v) is 5.39. The molecule has 0 saturated heterocycles. The van der Waals surface area contributed by atoms with Crippen molar-refractivity contribution in [3.05, 3.63) is 52.3 Å². The number of hydrogen-bond donors (Lipinski definition) is 0. The number of carbonyl (C=O) groups excluding carboxylic acids is 2. The first kappa shape index (κ1) is 16.0. The van der Waals surface area contributed by atoms with Gasteiger partial charge in [-0.1, -0.05) is 0 Å². The van der Waals surface area contributed by atoms with Crippen LogP contribution in [0.1, 0.15) is 51.0 Å². The molecule has 5 nitrogen and oxygen atoms in total. The summed E-state index contributed by atoms with van der Waals surface area (Å²) in [6.07, 6.45) is 2.33. The average Bonchev–Trinajstić information content (AvgIpc) is 3.23. The second-order valence-corrected chi connectivity index (χ2v) is 7.31. The number of aromatic nitrogens is 2. The van der Waals surface area contributed by atoms with E-state index in [0.29, 0.717) is 17.2 Å². The van der Waals surface area contributed by atoms with Gasteiger partial charge in [-0.2, -0.15) is 0 Å². The van der Waals surface area contributed by atoms with E-state index in [9.17, 15) is 9.59 Å². The number of benzene rings is 1. The topological polar surface area (TPSA) is 61.2 Å². The second-order valence-electron chi connectivity index (χ2n) is 6.42. The Morgan fingerprint density at radius 3 is 2.84 bits per heavy atom. The smallest absolute Gasteiger partial charge is 0.338 e. The number of fused-ring (bicyclic) bond motifs is 1. The van der Waals surface area contributed by atoms with Crippen LogP contribution in [0.5, 0.6) is 0 Å². The number of aryl methyl sites for hydroxylation is 1. The van der Waals surface area contributed by atoms with Crippen LogP contribution in [-0.4, -0.2) is 27.9 Å². The number of carbonyl (C=O) groups is 2. The summed E-state index contributed by atoms with van der Waals surface area (Å²) in [5, 5.41) is 0. The van der Waals surface area contributed by atoms with Crippen molar-refractivity contribution >= 4 is 33.3 Å². The zero-order valence-corrected chi connectivity index (χ0v) is 14.9. The van der Waals surface area contributed by atoms with E-state index in [4.69, 9.17) is 4.74 Å². The van der Waals surface area contributed by atoms with E-state index in [1.54, 1.807) is 23.7 Å². The van der Waals surface area contributed by atoms with Crippen LogP contribution in [0.25, 0.3) is 10.2 Å². The Bertz CT molecular complexity index is 982. The van der Waals surface area contributed by atoms with Crippen LogP contribution in [0.4, 0.5) is 0 Å². The third-order valence-electron chi connectivity index (χ3n) is 4.60. The SMILES string of the molecule is Cc1cc(C(=O)COC(=O)c2ccc3ncsc3c2)c(C)n1C1CC1. The standard InChI is InChI=1S/C19H18N2O3S/c1-11-7-15(12(2)21(11)14-4-5-14)17(22)9-24-19(23)13-3-6-16-18(8-13)25-10-20-16/h3,6-8,10,14H,4-5,9H2,1-2H3. The fourth-order valence-electron chi connectivity index (χ4n) is 3.23. The van der Waals surface area contributed by atoms with E-state index in [1.165, 1.54) is 24.2 Å². The third kappa shape index (κ3) is 2.98. The molecule has 1 aromatic carbocycles. The van der Waals surface area contributed by atoms with E-state index in [1.807, 2.05) is 19.9 Å². The number of hydrogen-bond acceptors (Lipinski definition) is 5. The molecule has 6 heteroatoms. The van der Waals surface area contributed by atoms with Gasteiger partial charge in [-0.3, -0.25) is 4.79 Å². The lowest BCUT2D eigenvalue weighted by Gasteiger charge is -2.08. The minimum absolute atomic E-state index is 0.160. The van der Waals surface area contributed by atoms with E-state index in [2.05, 4.69) is 9.55 Å². The zero-order valence-electron chi connectivity index (χ0n) is 14.1. The number of nitrogens with zero attached hydrogens (tertiary/aromatic N) is 2. The van der Waals surface area contributed by atoms with Crippen molar-refractivity contribution in [3.8, 4) is 0 Å². The Kier molecular flexibility index (Phi) is 3.92. The quantitative estimate of drug-likeness (QED) is 0.511. The summed E-state index contributed by atoms with van der Waals surface area (Å²) in [6.45, 7) is 3.73. The molecule has 3 aromatic rings. The molecule has 0 spiro atoms. The van der Waals surface area contributed by atoms with Gasteiger partial charge in [0.1, 0.15) is 0 Å². The van der Waals surface area contributed by atoms with Gasteiger partial charge in [0.2, 0.25) is 5.78 Å². The summed E-state index contributed by atoms with van der Waals surface area (Å²) in [5.41, 5.74) is 5.73. The van der Waals surface area contributed by atoms with Gasteiger partial charge in [0.05, 0.1) is 21.3 Å². The largest absolute Gasteiger partial charge is 0.454 e. The van der Waals surface area contributed by atoms with Gasteiger partial charge in [-0.05, 0) is 51.0 Å².